The van der Waals surface area contributed by atoms with Crippen LogP contribution in [0.2, 0.25) is 0 Å². The molecule has 2 heterocycles. The van der Waals surface area contributed by atoms with Crippen LogP contribution in [0.25, 0.3) is 0 Å². The monoisotopic (exact) mass is 253 g/mol. The van der Waals surface area contributed by atoms with E-state index in [4.69, 9.17) is 12.2 Å². The molecular weight excluding hydrogens is 238 g/mol. The van der Waals surface area contributed by atoms with Gasteiger partial charge in [-0.05, 0) is 37.0 Å². The minimum Gasteiger partial charge on any atom is -0.296 e. The van der Waals surface area contributed by atoms with Crippen LogP contribution in [0, 0.1) is 11.7 Å². The highest BCUT2D eigenvalue weighted by atomic mass is 32.1. The molecule has 1 unspecified atom stereocenters. The Morgan fingerprint density at radius 2 is 2.44 bits per heavy atom. The van der Waals surface area contributed by atoms with Crippen LogP contribution in [0.4, 0.5) is 0 Å². The molecule has 1 atom stereocenters. The Morgan fingerprint density at radius 3 is 2.94 bits per heavy atom. The SMILES string of the molecule is CCCC(c1cccs1)n1c(C)n[nH]c1=S. The van der Waals surface area contributed by atoms with Crippen LogP contribution in [-0.4, -0.2) is 14.8 Å². The molecule has 0 saturated carbocycles. The summed E-state index contributed by atoms with van der Waals surface area (Å²) in [6.45, 7) is 4.18. The largest absolute Gasteiger partial charge is 0.296 e. The fourth-order valence-electron chi connectivity index (χ4n) is 1.90. The molecular formula is C11H15N3S2. The number of rotatable bonds is 4. The lowest BCUT2D eigenvalue weighted by Crippen LogP contribution is -2.11. The summed E-state index contributed by atoms with van der Waals surface area (Å²) in [5.41, 5.74) is 0. The van der Waals surface area contributed by atoms with Gasteiger partial charge in [-0.2, -0.15) is 5.10 Å². The fourth-order valence-corrected chi connectivity index (χ4v) is 3.06. The zero-order valence-corrected chi connectivity index (χ0v) is 11.1. The number of thiophene rings is 1. The van der Waals surface area contributed by atoms with E-state index in [-0.39, 0.29) is 0 Å². The molecule has 86 valence electrons. The maximum absolute atomic E-state index is 5.29. The molecule has 0 saturated heterocycles. The van der Waals surface area contributed by atoms with E-state index in [0.29, 0.717) is 10.8 Å². The zero-order chi connectivity index (χ0) is 11.5. The van der Waals surface area contributed by atoms with E-state index < -0.39 is 0 Å². The molecule has 0 bridgehead atoms. The maximum atomic E-state index is 5.29. The first-order valence-corrected chi connectivity index (χ1v) is 6.69. The Balaban J connectivity index is 2.44. The van der Waals surface area contributed by atoms with Gasteiger partial charge in [0.25, 0.3) is 0 Å². The summed E-state index contributed by atoms with van der Waals surface area (Å²) in [6.07, 6.45) is 2.23. The molecule has 2 aromatic heterocycles. The lowest BCUT2D eigenvalue weighted by atomic mass is 10.1. The van der Waals surface area contributed by atoms with Gasteiger partial charge in [0.05, 0.1) is 6.04 Å². The molecule has 16 heavy (non-hydrogen) atoms. The molecule has 0 amide bonds. The van der Waals surface area contributed by atoms with Gasteiger partial charge in [-0.1, -0.05) is 19.4 Å². The average Bonchev–Trinajstić information content (AvgIpc) is 2.87. The van der Waals surface area contributed by atoms with E-state index in [9.17, 15) is 0 Å². The van der Waals surface area contributed by atoms with E-state index >= 15 is 0 Å². The lowest BCUT2D eigenvalue weighted by molar-refractivity contribution is 0.523. The molecule has 2 aromatic rings. The fraction of sp³-hybridized carbons (Fsp3) is 0.455. The quantitative estimate of drug-likeness (QED) is 0.843. The van der Waals surface area contributed by atoms with Gasteiger partial charge < -0.3 is 0 Å². The van der Waals surface area contributed by atoms with Gasteiger partial charge in [-0.3, -0.25) is 9.67 Å². The zero-order valence-electron chi connectivity index (χ0n) is 9.43. The van der Waals surface area contributed by atoms with Crippen LogP contribution >= 0.6 is 23.6 Å². The lowest BCUT2D eigenvalue weighted by Gasteiger charge is -2.17. The van der Waals surface area contributed by atoms with Crippen LogP contribution in [0.15, 0.2) is 17.5 Å². The highest BCUT2D eigenvalue weighted by Crippen LogP contribution is 2.28. The van der Waals surface area contributed by atoms with Crippen molar-refractivity contribution in [2.24, 2.45) is 0 Å². The molecule has 0 spiro atoms. The van der Waals surface area contributed by atoms with Crippen molar-refractivity contribution in [1.29, 1.82) is 0 Å². The second-order valence-corrected chi connectivity index (χ2v) is 5.13. The standard InChI is InChI=1S/C11H15N3S2/c1-3-5-9(10-6-4-7-16-10)14-8(2)12-13-11(14)15/h4,6-7,9H,3,5H2,1-2H3,(H,13,15). The summed E-state index contributed by atoms with van der Waals surface area (Å²) < 4.78 is 2.83. The van der Waals surface area contributed by atoms with Gasteiger partial charge in [0.1, 0.15) is 5.82 Å². The molecule has 5 heteroatoms. The van der Waals surface area contributed by atoms with Crippen molar-refractivity contribution in [2.45, 2.75) is 32.7 Å². The number of aromatic nitrogens is 3. The first-order chi connectivity index (χ1) is 7.74. The highest BCUT2D eigenvalue weighted by molar-refractivity contribution is 7.71. The van der Waals surface area contributed by atoms with E-state index in [0.717, 1.165) is 18.7 Å². The second kappa shape index (κ2) is 4.93. The van der Waals surface area contributed by atoms with Gasteiger partial charge in [-0.25, -0.2) is 0 Å². The smallest absolute Gasteiger partial charge is 0.195 e. The highest BCUT2D eigenvalue weighted by Gasteiger charge is 2.17. The van der Waals surface area contributed by atoms with Crippen LogP contribution in [0.5, 0.6) is 0 Å². The van der Waals surface area contributed by atoms with Crippen molar-refractivity contribution in [2.75, 3.05) is 0 Å². The third-order valence-electron chi connectivity index (χ3n) is 2.63. The van der Waals surface area contributed by atoms with Crippen LogP contribution < -0.4 is 0 Å². The number of nitrogens with zero attached hydrogens (tertiary/aromatic N) is 2. The number of aryl methyl sites for hydroxylation is 1. The predicted molar refractivity (Wildman–Crippen MR) is 69.5 cm³/mol. The van der Waals surface area contributed by atoms with Gasteiger partial charge >= 0.3 is 0 Å². The summed E-state index contributed by atoms with van der Waals surface area (Å²) in [4.78, 5) is 1.35. The summed E-state index contributed by atoms with van der Waals surface area (Å²) in [5, 5.41) is 9.15. The molecule has 0 aliphatic heterocycles. The maximum Gasteiger partial charge on any atom is 0.195 e. The van der Waals surface area contributed by atoms with Crippen molar-refractivity contribution in [3.63, 3.8) is 0 Å². The first-order valence-electron chi connectivity index (χ1n) is 5.41. The Morgan fingerprint density at radius 1 is 1.62 bits per heavy atom. The van der Waals surface area contributed by atoms with Crippen molar-refractivity contribution >= 4 is 23.6 Å². The normalized spacial score (nSPS) is 12.9. The number of hydrogen-bond donors (Lipinski definition) is 1. The molecule has 1 N–H and O–H groups in total. The summed E-state index contributed by atoms with van der Waals surface area (Å²) >= 11 is 7.06. The third-order valence-corrected chi connectivity index (χ3v) is 3.89. The van der Waals surface area contributed by atoms with E-state index in [1.54, 1.807) is 11.3 Å². The number of hydrogen-bond acceptors (Lipinski definition) is 3. The van der Waals surface area contributed by atoms with Gasteiger partial charge in [-0.15, -0.1) is 11.3 Å². The number of aromatic amines is 1. The Labute approximate surface area is 104 Å². The summed E-state index contributed by atoms with van der Waals surface area (Å²) in [7, 11) is 0. The predicted octanol–water partition coefficient (Wildman–Crippen LogP) is 3.70. The Bertz CT molecular complexity index is 496. The first kappa shape index (κ1) is 11.5. The summed E-state index contributed by atoms with van der Waals surface area (Å²) in [6, 6.07) is 4.58. The second-order valence-electron chi connectivity index (χ2n) is 3.77. The number of nitrogens with one attached hydrogen (secondary N) is 1. The van der Waals surface area contributed by atoms with Crippen LogP contribution in [0.1, 0.15) is 36.5 Å². The molecule has 0 aliphatic rings. The molecule has 2 rings (SSSR count). The van der Waals surface area contributed by atoms with Crippen LogP contribution in [0.3, 0.4) is 0 Å². The van der Waals surface area contributed by atoms with E-state index in [1.165, 1.54) is 4.88 Å². The van der Waals surface area contributed by atoms with Crippen molar-refractivity contribution < 1.29 is 0 Å². The number of H-pyrrole nitrogens is 1. The van der Waals surface area contributed by atoms with Gasteiger partial charge in [0.2, 0.25) is 0 Å². The Kier molecular flexibility index (Phi) is 3.56. The van der Waals surface area contributed by atoms with E-state index in [2.05, 4.69) is 39.2 Å². The minimum atomic E-state index is 0.330. The third kappa shape index (κ3) is 2.10. The van der Waals surface area contributed by atoms with Gasteiger partial charge in [0.15, 0.2) is 4.77 Å². The molecule has 0 aromatic carbocycles. The van der Waals surface area contributed by atoms with Gasteiger partial charge in [0, 0.05) is 4.88 Å². The topological polar surface area (TPSA) is 33.6 Å². The van der Waals surface area contributed by atoms with E-state index in [1.807, 2.05) is 6.92 Å². The molecule has 0 radical (unpaired) electrons. The molecule has 0 aliphatic carbocycles. The molecule has 0 fully saturated rings. The van der Waals surface area contributed by atoms with Crippen molar-refractivity contribution in [1.82, 2.24) is 14.8 Å². The average molecular weight is 253 g/mol. The van der Waals surface area contributed by atoms with Crippen molar-refractivity contribution in [3.05, 3.63) is 33.0 Å². The Hall–Kier alpha value is -0.940. The van der Waals surface area contributed by atoms with Crippen molar-refractivity contribution in [3.8, 4) is 0 Å². The summed E-state index contributed by atoms with van der Waals surface area (Å²) in [5.74, 6) is 0.955. The van der Waals surface area contributed by atoms with Crippen LogP contribution in [-0.2, 0) is 0 Å². The molecule has 3 nitrogen and oxygen atoms in total. The minimum absolute atomic E-state index is 0.330.